The summed E-state index contributed by atoms with van der Waals surface area (Å²) in [5, 5.41) is 0. The lowest BCUT2D eigenvalue weighted by Crippen LogP contribution is -2.17. The highest BCUT2D eigenvalue weighted by Crippen LogP contribution is 2.40. The molecule has 0 N–H and O–H groups in total. The van der Waals surface area contributed by atoms with Gasteiger partial charge in [-0.2, -0.15) is 13.2 Å². The molecular formula is C29H21F6N3O3. The Balaban J connectivity index is 1.73. The molecule has 12 heteroatoms. The summed E-state index contributed by atoms with van der Waals surface area (Å²) in [5.41, 5.74) is 1.43. The van der Waals surface area contributed by atoms with Gasteiger partial charge in [0.05, 0.1) is 12.8 Å². The normalized spacial score (nSPS) is 12.0. The van der Waals surface area contributed by atoms with Crippen LogP contribution >= 0.6 is 0 Å². The molecule has 2 aromatic heterocycles. The van der Waals surface area contributed by atoms with E-state index in [1.54, 1.807) is 43.3 Å². The molecule has 0 unspecified atom stereocenters. The lowest BCUT2D eigenvalue weighted by atomic mass is 9.97. The Morgan fingerprint density at radius 2 is 1.44 bits per heavy atom. The van der Waals surface area contributed by atoms with Gasteiger partial charge in [-0.3, -0.25) is 0 Å². The first-order chi connectivity index (χ1) is 19.3. The summed E-state index contributed by atoms with van der Waals surface area (Å²) in [4.78, 5) is 8.17. The number of ether oxygens (including phenoxy) is 2. The molecule has 0 fully saturated rings. The first kappa shape index (κ1) is 27.8. The third kappa shape index (κ3) is 5.91. The average Bonchev–Trinajstić information content (AvgIpc) is 3.50. The molecule has 0 saturated carbocycles. The maximum atomic E-state index is 13.5. The molecule has 3 aromatic carbocycles. The fourth-order valence-corrected chi connectivity index (χ4v) is 4.41. The zero-order valence-corrected chi connectivity index (χ0v) is 21.8. The standard InChI is InChI=1S/C29H21F6N3O3/c1-16-36-25(28(30,31)32)15-38(16)24-11-10-19(18-6-4-8-21(12-18)39-3)14-23(24)26-27(40-17(2)37-26)20-7-5-9-22(13-20)41-29(33,34)35/h4-15H,1-3H3. The third-order valence-corrected chi connectivity index (χ3v) is 6.15. The number of imidazole rings is 1. The molecule has 0 aliphatic carbocycles. The van der Waals surface area contributed by atoms with E-state index in [1.807, 2.05) is 6.07 Å². The minimum atomic E-state index is -4.91. The molecule has 0 saturated heterocycles. The monoisotopic (exact) mass is 573 g/mol. The second-order valence-electron chi connectivity index (χ2n) is 8.99. The Morgan fingerprint density at radius 1 is 0.780 bits per heavy atom. The largest absolute Gasteiger partial charge is 0.573 e. The van der Waals surface area contributed by atoms with E-state index in [0.29, 0.717) is 22.6 Å². The van der Waals surface area contributed by atoms with Crippen LogP contribution in [0.5, 0.6) is 11.5 Å². The predicted octanol–water partition coefficient (Wildman–Crippen LogP) is 8.40. The predicted molar refractivity (Wildman–Crippen MR) is 138 cm³/mol. The van der Waals surface area contributed by atoms with Crippen LogP contribution in [0.1, 0.15) is 17.4 Å². The van der Waals surface area contributed by atoms with E-state index in [-0.39, 0.29) is 28.7 Å². The quantitative estimate of drug-likeness (QED) is 0.191. The fraction of sp³-hybridized carbons (Fsp3) is 0.172. The van der Waals surface area contributed by atoms with Crippen LogP contribution in [-0.2, 0) is 6.18 Å². The number of nitrogens with zero attached hydrogens (tertiary/aromatic N) is 3. The minimum Gasteiger partial charge on any atom is -0.497 e. The van der Waals surface area contributed by atoms with Crippen molar-refractivity contribution in [2.75, 3.05) is 7.11 Å². The SMILES string of the molecule is COc1cccc(-c2ccc(-n3cc(C(F)(F)F)nc3C)c(-c3nc(C)oc3-c3cccc(OC(F)(F)F)c3)c2)c1. The van der Waals surface area contributed by atoms with Gasteiger partial charge in [0.1, 0.15) is 23.0 Å². The Morgan fingerprint density at radius 3 is 2.10 bits per heavy atom. The number of hydrogen-bond acceptors (Lipinski definition) is 5. The number of halogens is 6. The van der Waals surface area contributed by atoms with Gasteiger partial charge in [-0.15, -0.1) is 13.2 Å². The number of alkyl halides is 6. The fourth-order valence-electron chi connectivity index (χ4n) is 4.41. The van der Waals surface area contributed by atoms with Gasteiger partial charge in [0.25, 0.3) is 0 Å². The van der Waals surface area contributed by atoms with Crippen LogP contribution < -0.4 is 9.47 Å². The highest BCUT2D eigenvalue weighted by molar-refractivity contribution is 5.85. The first-order valence-electron chi connectivity index (χ1n) is 12.1. The van der Waals surface area contributed by atoms with Crippen molar-refractivity contribution < 1.29 is 40.2 Å². The van der Waals surface area contributed by atoms with Crippen molar-refractivity contribution >= 4 is 0 Å². The van der Waals surface area contributed by atoms with Gasteiger partial charge in [-0.05, 0) is 54.4 Å². The van der Waals surface area contributed by atoms with Crippen molar-refractivity contribution in [3.63, 3.8) is 0 Å². The maximum Gasteiger partial charge on any atom is 0.573 e. The van der Waals surface area contributed by atoms with Gasteiger partial charge in [-0.25, -0.2) is 9.97 Å². The summed E-state index contributed by atoms with van der Waals surface area (Å²) in [5.74, 6) is 0.477. The number of methoxy groups -OCH3 is 1. The number of aryl methyl sites for hydroxylation is 2. The van der Waals surface area contributed by atoms with Gasteiger partial charge < -0.3 is 18.5 Å². The van der Waals surface area contributed by atoms with Crippen molar-refractivity contribution in [1.29, 1.82) is 0 Å². The lowest BCUT2D eigenvalue weighted by molar-refractivity contribution is -0.274. The molecule has 41 heavy (non-hydrogen) atoms. The van der Waals surface area contributed by atoms with Gasteiger partial charge in [0.2, 0.25) is 0 Å². The molecule has 6 nitrogen and oxygen atoms in total. The van der Waals surface area contributed by atoms with Crippen molar-refractivity contribution in [1.82, 2.24) is 14.5 Å². The second-order valence-corrected chi connectivity index (χ2v) is 8.99. The molecule has 0 amide bonds. The number of benzene rings is 3. The van der Waals surface area contributed by atoms with Crippen LogP contribution in [0.4, 0.5) is 26.3 Å². The van der Waals surface area contributed by atoms with Crippen LogP contribution in [0.25, 0.3) is 39.4 Å². The first-order valence-corrected chi connectivity index (χ1v) is 12.1. The van der Waals surface area contributed by atoms with E-state index >= 15 is 0 Å². The average molecular weight is 573 g/mol. The summed E-state index contributed by atoms with van der Waals surface area (Å²) >= 11 is 0. The van der Waals surface area contributed by atoms with E-state index in [0.717, 1.165) is 23.9 Å². The van der Waals surface area contributed by atoms with Gasteiger partial charge in [0.15, 0.2) is 17.3 Å². The molecule has 212 valence electrons. The van der Waals surface area contributed by atoms with Crippen LogP contribution in [0, 0.1) is 13.8 Å². The maximum absolute atomic E-state index is 13.5. The zero-order valence-electron chi connectivity index (χ0n) is 21.8. The zero-order chi connectivity index (χ0) is 29.5. The van der Waals surface area contributed by atoms with Gasteiger partial charge >= 0.3 is 12.5 Å². The molecule has 0 atom stereocenters. The molecule has 5 aromatic rings. The second kappa shape index (κ2) is 10.3. The Kier molecular flexibility index (Phi) is 7.02. The Bertz CT molecular complexity index is 1720. The Hall–Kier alpha value is -4.74. The molecule has 5 rings (SSSR count). The van der Waals surface area contributed by atoms with Gasteiger partial charge in [-0.1, -0.05) is 30.3 Å². The molecule has 0 spiro atoms. The molecule has 0 radical (unpaired) electrons. The van der Waals surface area contributed by atoms with E-state index < -0.39 is 24.0 Å². The van der Waals surface area contributed by atoms with Crippen LogP contribution in [0.15, 0.2) is 77.3 Å². The van der Waals surface area contributed by atoms with Crippen molar-refractivity contribution in [2.45, 2.75) is 26.4 Å². The summed E-state index contributed by atoms with van der Waals surface area (Å²) in [7, 11) is 1.52. The number of hydrogen-bond donors (Lipinski definition) is 0. The van der Waals surface area contributed by atoms with E-state index in [9.17, 15) is 26.3 Å². The van der Waals surface area contributed by atoms with E-state index in [4.69, 9.17) is 9.15 Å². The summed E-state index contributed by atoms with van der Waals surface area (Å²) in [6, 6.07) is 17.4. The highest BCUT2D eigenvalue weighted by Gasteiger charge is 2.35. The summed E-state index contributed by atoms with van der Waals surface area (Å²) in [6.45, 7) is 2.99. The smallest absolute Gasteiger partial charge is 0.497 e. The van der Waals surface area contributed by atoms with Crippen molar-refractivity contribution in [2.24, 2.45) is 0 Å². The van der Waals surface area contributed by atoms with Gasteiger partial charge in [0, 0.05) is 24.2 Å². The van der Waals surface area contributed by atoms with E-state index in [2.05, 4.69) is 14.7 Å². The van der Waals surface area contributed by atoms with Crippen molar-refractivity contribution in [3.8, 4) is 50.9 Å². The summed E-state index contributed by atoms with van der Waals surface area (Å²) < 4.78 is 95.7. The molecule has 2 heterocycles. The van der Waals surface area contributed by atoms with Crippen molar-refractivity contribution in [3.05, 3.63) is 90.3 Å². The number of aromatic nitrogens is 3. The third-order valence-electron chi connectivity index (χ3n) is 6.15. The van der Waals surface area contributed by atoms with Crippen LogP contribution in [-0.4, -0.2) is 28.0 Å². The number of oxazole rings is 1. The topological polar surface area (TPSA) is 62.3 Å². The molecule has 0 aliphatic rings. The Labute approximate surface area is 229 Å². The van der Waals surface area contributed by atoms with Crippen LogP contribution in [0.2, 0.25) is 0 Å². The molecule has 0 aliphatic heterocycles. The molecular weight excluding hydrogens is 552 g/mol. The minimum absolute atomic E-state index is 0.0649. The summed E-state index contributed by atoms with van der Waals surface area (Å²) in [6.07, 6.45) is -8.71. The lowest BCUT2D eigenvalue weighted by Gasteiger charge is -2.15. The highest BCUT2D eigenvalue weighted by atomic mass is 19.4. The molecule has 0 bridgehead atoms. The van der Waals surface area contributed by atoms with E-state index in [1.165, 1.54) is 30.7 Å². The van der Waals surface area contributed by atoms with Crippen LogP contribution in [0.3, 0.4) is 0 Å². The number of rotatable bonds is 6.